The Morgan fingerprint density at radius 2 is 1.83 bits per heavy atom. The van der Waals surface area contributed by atoms with E-state index in [4.69, 9.17) is 10.5 Å². The molecule has 0 spiro atoms. The molecule has 4 N–H and O–H groups in total. The van der Waals surface area contributed by atoms with E-state index in [1.807, 2.05) is 20.8 Å². The third-order valence-corrected chi connectivity index (χ3v) is 2.54. The van der Waals surface area contributed by atoms with Gasteiger partial charge in [-0.3, -0.25) is 9.59 Å². The highest BCUT2D eigenvalue weighted by Crippen LogP contribution is 1.97. The molecule has 0 aliphatic heterocycles. The molecule has 6 nitrogen and oxygen atoms in total. The Balaban J connectivity index is 3.80. The van der Waals surface area contributed by atoms with Crippen LogP contribution < -0.4 is 16.4 Å². The van der Waals surface area contributed by atoms with Crippen LogP contribution in [0.3, 0.4) is 0 Å². The van der Waals surface area contributed by atoms with Crippen molar-refractivity contribution >= 4 is 11.8 Å². The van der Waals surface area contributed by atoms with E-state index < -0.39 is 6.04 Å². The second-order valence-corrected chi connectivity index (χ2v) is 4.85. The molecule has 0 saturated heterocycles. The maximum atomic E-state index is 11.5. The summed E-state index contributed by atoms with van der Waals surface area (Å²) in [5, 5.41) is 5.23. The zero-order chi connectivity index (χ0) is 14.1. The van der Waals surface area contributed by atoms with E-state index in [0.29, 0.717) is 13.2 Å². The average Bonchev–Trinajstić information content (AvgIpc) is 2.32. The van der Waals surface area contributed by atoms with E-state index in [0.717, 1.165) is 0 Å². The molecule has 6 heteroatoms. The van der Waals surface area contributed by atoms with E-state index in [1.54, 1.807) is 7.11 Å². The van der Waals surface area contributed by atoms with Crippen LogP contribution in [0.2, 0.25) is 0 Å². The SMILES string of the molecule is COCC(C)CNC(=O)CNC(=O)[C@@H](N)C(C)C. The van der Waals surface area contributed by atoms with Crippen LogP contribution in [0, 0.1) is 11.8 Å². The topological polar surface area (TPSA) is 93.5 Å². The number of nitrogens with two attached hydrogens (primary N) is 1. The fourth-order valence-corrected chi connectivity index (χ4v) is 1.28. The first-order valence-corrected chi connectivity index (χ1v) is 6.17. The molecule has 0 bridgehead atoms. The second kappa shape index (κ2) is 8.88. The third kappa shape index (κ3) is 7.24. The number of amides is 2. The number of hydrogen-bond donors (Lipinski definition) is 3. The predicted molar refractivity (Wildman–Crippen MR) is 69.9 cm³/mol. The van der Waals surface area contributed by atoms with Gasteiger partial charge in [-0.2, -0.15) is 0 Å². The zero-order valence-corrected chi connectivity index (χ0v) is 11.7. The normalized spacial score (nSPS) is 14.1. The molecule has 0 saturated carbocycles. The largest absolute Gasteiger partial charge is 0.384 e. The number of methoxy groups -OCH3 is 1. The molecule has 106 valence electrons. The van der Waals surface area contributed by atoms with Crippen molar-refractivity contribution in [1.29, 1.82) is 0 Å². The first kappa shape index (κ1) is 16.9. The summed E-state index contributed by atoms with van der Waals surface area (Å²) in [5.41, 5.74) is 5.65. The van der Waals surface area contributed by atoms with Crippen molar-refractivity contribution in [3.8, 4) is 0 Å². The van der Waals surface area contributed by atoms with Crippen LogP contribution in [0.4, 0.5) is 0 Å². The number of rotatable bonds is 8. The molecule has 0 heterocycles. The Labute approximate surface area is 109 Å². The van der Waals surface area contributed by atoms with Crippen molar-refractivity contribution in [1.82, 2.24) is 10.6 Å². The minimum Gasteiger partial charge on any atom is -0.384 e. The van der Waals surface area contributed by atoms with Crippen LogP contribution in [0.1, 0.15) is 20.8 Å². The summed E-state index contributed by atoms with van der Waals surface area (Å²) in [5.74, 6) is -0.227. The van der Waals surface area contributed by atoms with Gasteiger partial charge in [0.2, 0.25) is 11.8 Å². The highest BCUT2D eigenvalue weighted by atomic mass is 16.5. The molecule has 1 unspecified atom stereocenters. The summed E-state index contributed by atoms with van der Waals surface area (Å²) in [6.07, 6.45) is 0. The summed E-state index contributed by atoms with van der Waals surface area (Å²) in [6, 6.07) is -0.579. The van der Waals surface area contributed by atoms with Crippen molar-refractivity contribution < 1.29 is 14.3 Å². The predicted octanol–water partition coefficient (Wildman–Crippen LogP) is -0.515. The van der Waals surface area contributed by atoms with Gasteiger partial charge in [-0.1, -0.05) is 20.8 Å². The first-order chi connectivity index (χ1) is 8.38. The molecule has 0 aromatic carbocycles. The quantitative estimate of drug-likeness (QED) is 0.547. The Morgan fingerprint density at radius 1 is 1.22 bits per heavy atom. The van der Waals surface area contributed by atoms with Crippen molar-refractivity contribution in [2.24, 2.45) is 17.6 Å². The summed E-state index contributed by atoms with van der Waals surface area (Å²) in [6.45, 7) is 6.76. The van der Waals surface area contributed by atoms with Crippen LogP contribution in [0.15, 0.2) is 0 Å². The zero-order valence-electron chi connectivity index (χ0n) is 11.7. The third-order valence-electron chi connectivity index (χ3n) is 2.54. The van der Waals surface area contributed by atoms with Gasteiger partial charge in [0.25, 0.3) is 0 Å². The number of carbonyl (C=O) groups is 2. The van der Waals surface area contributed by atoms with Gasteiger partial charge in [0.15, 0.2) is 0 Å². The molecule has 2 amide bonds. The number of ether oxygens (including phenoxy) is 1. The van der Waals surface area contributed by atoms with Gasteiger partial charge < -0.3 is 21.1 Å². The molecular weight excluding hydrogens is 234 g/mol. The lowest BCUT2D eigenvalue weighted by Crippen LogP contribution is -2.47. The van der Waals surface area contributed by atoms with E-state index in [1.165, 1.54) is 0 Å². The molecule has 0 aliphatic carbocycles. The monoisotopic (exact) mass is 259 g/mol. The van der Waals surface area contributed by atoms with Gasteiger partial charge in [0.1, 0.15) is 0 Å². The van der Waals surface area contributed by atoms with Crippen LogP contribution in [-0.2, 0) is 14.3 Å². The molecule has 0 aliphatic rings. The summed E-state index contributed by atoms with van der Waals surface area (Å²) in [4.78, 5) is 22.9. The smallest absolute Gasteiger partial charge is 0.239 e. The average molecular weight is 259 g/mol. The molecular formula is C12H25N3O3. The Morgan fingerprint density at radius 3 is 2.33 bits per heavy atom. The molecule has 0 fully saturated rings. The molecule has 0 aromatic heterocycles. The van der Waals surface area contributed by atoms with E-state index in [-0.39, 0.29) is 30.2 Å². The highest BCUT2D eigenvalue weighted by Gasteiger charge is 2.17. The Hall–Kier alpha value is -1.14. The second-order valence-electron chi connectivity index (χ2n) is 4.85. The summed E-state index contributed by atoms with van der Waals surface area (Å²) in [7, 11) is 1.62. The fourth-order valence-electron chi connectivity index (χ4n) is 1.28. The van der Waals surface area contributed by atoms with Crippen molar-refractivity contribution in [3.05, 3.63) is 0 Å². The van der Waals surface area contributed by atoms with Gasteiger partial charge in [0, 0.05) is 13.7 Å². The molecule has 0 rings (SSSR count). The van der Waals surface area contributed by atoms with Gasteiger partial charge >= 0.3 is 0 Å². The van der Waals surface area contributed by atoms with E-state index in [9.17, 15) is 9.59 Å². The van der Waals surface area contributed by atoms with Gasteiger partial charge in [-0.25, -0.2) is 0 Å². The lowest BCUT2D eigenvalue weighted by atomic mass is 10.1. The van der Waals surface area contributed by atoms with Crippen LogP contribution in [0.5, 0.6) is 0 Å². The van der Waals surface area contributed by atoms with Crippen molar-refractivity contribution in [2.75, 3.05) is 26.8 Å². The first-order valence-electron chi connectivity index (χ1n) is 6.17. The van der Waals surface area contributed by atoms with Crippen molar-refractivity contribution in [3.63, 3.8) is 0 Å². The van der Waals surface area contributed by atoms with Gasteiger partial charge in [-0.05, 0) is 11.8 Å². The van der Waals surface area contributed by atoms with E-state index in [2.05, 4.69) is 10.6 Å². The Bertz CT molecular complexity index is 269. The Kier molecular flexibility index (Phi) is 8.32. The van der Waals surface area contributed by atoms with Crippen molar-refractivity contribution in [2.45, 2.75) is 26.8 Å². The number of nitrogens with one attached hydrogen (secondary N) is 2. The van der Waals surface area contributed by atoms with E-state index >= 15 is 0 Å². The van der Waals surface area contributed by atoms with Crippen LogP contribution in [-0.4, -0.2) is 44.7 Å². The fraction of sp³-hybridized carbons (Fsp3) is 0.833. The lowest BCUT2D eigenvalue weighted by Gasteiger charge is -2.16. The number of carbonyl (C=O) groups excluding carboxylic acids is 2. The highest BCUT2D eigenvalue weighted by molar-refractivity contribution is 5.87. The summed E-state index contributed by atoms with van der Waals surface area (Å²) >= 11 is 0. The molecule has 0 aromatic rings. The lowest BCUT2D eigenvalue weighted by molar-refractivity contribution is -0.127. The van der Waals surface area contributed by atoms with Gasteiger partial charge in [0.05, 0.1) is 19.2 Å². The molecule has 0 radical (unpaired) electrons. The summed E-state index contributed by atoms with van der Waals surface area (Å²) < 4.78 is 4.95. The molecule has 2 atom stereocenters. The van der Waals surface area contributed by atoms with Gasteiger partial charge in [-0.15, -0.1) is 0 Å². The standard InChI is InChI=1S/C12H25N3O3/c1-8(2)11(13)12(17)15-6-10(16)14-5-9(3)7-18-4/h8-9,11H,5-7,13H2,1-4H3,(H,14,16)(H,15,17)/t9?,11-/m0/s1. The van der Waals surface area contributed by atoms with Crippen LogP contribution >= 0.6 is 0 Å². The minimum absolute atomic E-state index is 0.0427. The van der Waals surface area contributed by atoms with Crippen LogP contribution in [0.25, 0.3) is 0 Å². The maximum absolute atomic E-state index is 11.5. The number of hydrogen-bond acceptors (Lipinski definition) is 4. The maximum Gasteiger partial charge on any atom is 0.239 e. The minimum atomic E-state index is -0.579. The molecule has 18 heavy (non-hydrogen) atoms.